The molecule has 1 aliphatic rings. The third kappa shape index (κ3) is 8.88. The molecular weight excluding hydrogens is 721 g/mol. The summed E-state index contributed by atoms with van der Waals surface area (Å²) in [4.78, 5) is 1.08. The Hall–Kier alpha value is -0.660. The monoisotopic (exact) mass is 733 g/mol. The smallest absolute Gasteiger partial charge is 0.746 e. The SMILES string of the molecule is CC1C=C(S(=O)(=O)[O-])C=CC1(N=Nc1c(S(=O)(=O)[O-])cc2cc(Nc3nc(F)nc(F)c3Cl)ccc2c1O)S(=O)(=O)[O-].[Na+].[Na+].[Na+]. The molecule has 0 amide bonds. The predicted octanol–water partition coefficient (Wildman–Crippen LogP) is -6.11. The van der Waals surface area contributed by atoms with E-state index in [1.807, 2.05) is 0 Å². The van der Waals surface area contributed by atoms with Crippen molar-refractivity contribution >= 4 is 69.9 Å². The zero-order chi connectivity index (χ0) is 31.4. The molecule has 0 bridgehead atoms. The number of phenols is 1. The number of hydrogen-bond donors (Lipinski definition) is 2. The fourth-order valence-electron chi connectivity index (χ4n) is 3.89. The maximum atomic E-state index is 13.7. The first-order valence-electron chi connectivity index (χ1n) is 10.9. The van der Waals surface area contributed by atoms with Gasteiger partial charge in [-0.2, -0.15) is 23.9 Å². The molecule has 0 radical (unpaired) electrons. The van der Waals surface area contributed by atoms with Crippen molar-refractivity contribution < 1.29 is 141 Å². The van der Waals surface area contributed by atoms with Gasteiger partial charge in [-0.1, -0.05) is 24.6 Å². The van der Waals surface area contributed by atoms with Gasteiger partial charge in [-0.25, -0.2) is 25.3 Å². The molecule has 2 N–H and O–H groups in total. The third-order valence-corrected chi connectivity index (χ3v) is 9.34. The molecule has 2 unspecified atom stereocenters. The van der Waals surface area contributed by atoms with E-state index < -0.39 is 85.2 Å². The summed E-state index contributed by atoms with van der Waals surface area (Å²) < 4.78 is 134. The second-order valence-corrected chi connectivity index (χ2v) is 13.3. The second kappa shape index (κ2) is 15.3. The maximum absolute atomic E-state index is 13.7. The molecule has 2 atom stereocenters. The molecule has 0 aliphatic heterocycles. The zero-order valence-electron chi connectivity index (χ0n) is 23.4. The molecular formula is C21H13ClF2N5Na3O10S3. The molecule has 1 aromatic heterocycles. The number of phenolic OH excluding ortho intramolecular Hbond substituents is 1. The molecule has 3 aromatic rings. The van der Waals surface area contributed by atoms with Crippen LogP contribution in [0, 0.1) is 17.9 Å². The number of nitrogens with one attached hydrogen (secondary N) is 1. The van der Waals surface area contributed by atoms with Gasteiger partial charge in [-0.3, -0.25) is 0 Å². The van der Waals surface area contributed by atoms with Crippen LogP contribution in [0.1, 0.15) is 6.92 Å². The number of nitrogens with zero attached hydrogens (tertiary/aromatic N) is 4. The molecule has 24 heteroatoms. The van der Waals surface area contributed by atoms with Crippen molar-refractivity contribution in [2.45, 2.75) is 16.7 Å². The van der Waals surface area contributed by atoms with Crippen LogP contribution in [0.5, 0.6) is 5.75 Å². The molecule has 0 saturated heterocycles. The van der Waals surface area contributed by atoms with E-state index in [-0.39, 0.29) is 105 Å². The van der Waals surface area contributed by atoms with Crippen LogP contribution in [-0.4, -0.2) is 58.9 Å². The number of fused-ring (bicyclic) bond motifs is 1. The number of benzene rings is 2. The quantitative estimate of drug-likeness (QED) is 0.0755. The summed E-state index contributed by atoms with van der Waals surface area (Å²) >= 11 is 5.72. The summed E-state index contributed by atoms with van der Waals surface area (Å²) in [6.45, 7) is 1.00. The first kappa shape index (κ1) is 42.4. The van der Waals surface area contributed by atoms with Gasteiger partial charge >= 0.3 is 94.8 Å². The minimum atomic E-state index is -5.56. The van der Waals surface area contributed by atoms with E-state index in [0.29, 0.717) is 24.3 Å². The number of aromatic nitrogens is 2. The topological polar surface area (TPSA) is 254 Å². The van der Waals surface area contributed by atoms with E-state index in [1.165, 1.54) is 6.07 Å². The first-order chi connectivity index (χ1) is 19.2. The number of hydrogen-bond acceptors (Lipinski definition) is 15. The summed E-state index contributed by atoms with van der Waals surface area (Å²) in [7, 11) is -16.1. The Balaban J connectivity index is 0.00000337. The Morgan fingerprint density at radius 2 is 1.62 bits per heavy atom. The van der Waals surface area contributed by atoms with Gasteiger partial charge in [0.25, 0.3) is 0 Å². The first-order valence-corrected chi connectivity index (χ1v) is 15.5. The van der Waals surface area contributed by atoms with Crippen molar-refractivity contribution in [2.75, 3.05) is 5.32 Å². The van der Waals surface area contributed by atoms with Crippen LogP contribution in [0.15, 0.2) is 62.5 Å². The Labute approximate surface area is 325 Å². The standard InChI is InChI=1S/C21H16ClF2N5O10S3.3Na/c1-9-6-12(40(31,32)33)4-5-21(9,42(37,38)39)29-28-16-14(41(34,35)36)8-10-7-11(2-3-13(10)17(16)30)25-19-15(22)18(23)26-20(24)27-19;;;/h2-9,30H,1H3,(H,25,26,27)(H,31,32,33)(H,34,35,36)(H,37,38,39);;;/q;3*+1/p-3. The minimum absolute atomic E-state index is 0. The summed E-state index contributed by atoms with van der Waals surface area (Å²) in [6, 6.07) is 4.16. The average Bonchev–Trinajstić information content (AvgIpc) is 2.85. The van der Waals surface area contributed by atoms with E-state index in [0.717, 1.165) is 19.1 Å². The fraction of sp³-hybridized carbons (Fsp3) is 0.143. The van der Waals surface area contributed by atoms with Gasteiger partial charge in [0.2, 0.25) is 5.95 Å². The van der Waals surface area contributed by atoms with E-state index in [4.69, 9.17) is 11.6 Å². The van der Waals surface area contributed by atoms with Crippen LogP contribution in [-0.2, 0) is 30.4 Å². The largest absolute Gasteiger partial charge is 1.00 e. The molecule has 4 rings (SSSR count). The Morgan fingerprint density at radius 3 is 2.16 bits per heavy atom. The fourth-order valence-corrected chi connectivity index (χ4v) is 6.17. The van der Waals surface area contributed by atoms with E-state index >= 15 is 0 Å². The average molecular weight is 734 g/mol. The summed E-state index contributed by atoms with van der Waals surface area (Å²) in [6.07, 6.45) is 0.116. The molecule has 1 heterocycles. The number of rotatable bonds is 7. The number of anilines is 2. The van der Waals surface area contributed by atoms with E-state index in [9.17, 15) is 52.8 Å². The molecule has 224 valence electrons. The van der Waals surface area contributed by atoms with Crippen molar-refractivity contribution in [3.8, 4) is 5.75 Å². The second-order valence-electron chi connectivity index (χ2n) is 8.58. The van der Waals surface area contributed by atoms with Gasteiger partial charge in [0.15, 0.2) is 16.4 Å². The molecule has 2 aromatic carbocycles. The van der Waals surface area contributed by atoms with Crippen LogP contribution in [0.2, 0.25) is 5.02 Å². The third-order valence-electron chi connectivity index (χ3n) is 5.92. The Morgan fingerprint density at radius 1 is 1.00 bits per heavy atom. The van der Waals surface area contributed by atoms with Gasteiger partial charge in [0.1, 0.15) is 41.1 Å². The summed E-state index contributed by atoms with van der Waals surface area (Å²) in [5.41, 5.74) is -1.09. The van der Waals surface area contributed by atoms with Crippen LogP contribution in [0.25, 0.3) is 10.8 Å². The summed E-state index contributed by atoms with van der Waals surface area (Å²) in [5, 5.41) is 19.1. The Kier molecular flexibility index (Phi) is 14.4. The predicted molar refractivity (Wildman–Crippen MR) is 137 cm³/mol. The van der Waals surface area contributed by atoms with Crippen molar-refractivity contribution in [3.63, 3.8) is 0 Å². The summed E-state index contributed by atoms with van der Waals surface area (Å²) in [5.74, 6) is -4.56. The normalized spacial score (nSPS) is 18.5. The van der Waals surface area contributed by atoms with Gasteiger partial charge in [0.05, 0.1) is 9.80 Å². The van der Waals surface area contributed by atoms with Crippen LogP contribution in [0.4, 0.5) is 26.0 Å². The molecule has 0 saturated carbocycles. The number of aromatic hydroxyl groups is 1. The van der Waals surface area contributed by atoms with Crippen LogP contribution < -0.4 is 94.0 Å². The van der Waals surface area contributed by atoms with Gasteiger partial charge in [-0.15, -0.1) is 5.11 Å². The van der Waals surface area contributed by atoms with Crippen molar-refractivity contribution in [2.24, 2.45) is 16.1 Å². The molecule has 1 aliphatic carbocycles. The zero-order valence-corrected chi connectivity index (χ0v) is 32.6. The van der Waals surface area contributed by atoms with Crippen molar-refractivity contribution in [1.29, 1.82) is 0 Å². The number of halogens is 3. The van der Waals surface area contributed by atoms with Crippen molar-refractivity contribution in [1.82, 2.24) is 9.97 Å². The minimum Gasteiger partial charge on any atom is -0.746 e. The Bertz CT molecular complexity index is 2090. The van der Waals surface area contributed by atoms with Gasteiger partial charge < -0.3 is 24.1 Å². The number of azo groups is 1. The van der Waals surface area contributed by atoms with Crippen LogP contribution >= 0.6 is 11.6 Å². The van der Waals surface area contributed by atoms with Crippen LogP contribution in [0.3, 0.4) is 0 Å². The van der Waals surface area contributed by atoms with Crippen molar-refractivity contribution in [3.05, 3.63) is 64.4 Å². The molecule has 15 nitrogen and oxygen atoms in total. The van der Waals surface area contributed by atoms with E-state index in [2.05, 4.69) is 25.5 Å². The van der Waals surface area contributed by atoms with E-state index in [1.54, 1.807) is 0 Å². The molecule has 0 spiro atoms. The maximum Gasteiger partial charge on any atom is 1.00 e. The van der Waals surface area contributed by atoms with Gasteiger partial charge in [0, 0.05) is 17.0 Å². The van der Waals surface area contributed by atoms with Gasteiger partial charge in [-0.05, 0) is 41.8 Å². The molecule has 45 heavy (non-hydrogen) atoms. The number of allylic oxidation sites excluding steroid dienone is 1. The molecule has 0 fully saturated rings.